The first-order chi connectivity index (χ1) is 20.6. The lowest BCUT2D eigenvalue weighted by Gasteiger charge is -2.18. The maximum Gasteiger partial charge on any atom is 0.269 e. The van der Waals surface area contributed by atoms with Gasteiger partial charge < -0.3 is 15.2 Å². The van der Waals surface area contributed by atoms with Crippen LogP contribution in [0.5, 0.6) is 5.75 Å². The van der Waals surface area contributed by atoms with Gasteiger partial charge in [0.25, 0.3) is 10.0 Å². The summed E-state index contributed by atoms with van der Waals surface area (Å²) in [4.78, 5) is 4.70. The van der Waals surface area contributed by atoms with E-state index in [9.17, 15) is 18.8 Å². The van der Waals surface area contributed by atoms with Crippen LogP contribution in [0.4, 0.5) is 0 Å². The summed E-state index contributed by atoms with van der Waals surface area (Å²) in [5, 5.41) is 24.3. The molecule has 1 saturated heterocycles. The summed E-state index contributed by atoms with van der Waals surface area (Å²) in [6.45, 7) is 6.92. The Bertz CT molecular complexity index is 1960. The molecule has 0 saturated carbocycles. The first kappa shape index (κ1) is 28.6. The van der Waals surface area contributed by atoms with Gasteiger partial charge in [0.05, 0.1) is 21.8 Å². The second-order valence-electron chi connectivity index (χ2n) is 11.4. The number of aliphatic hydroxyl groups is 1. The van der Waals surface area contributed by atoms with Gasteiger partial charge in [-0.3, -0.25) is 0 Å². The highest BCUT2D eigenvalue weighted by Gasteiger charge is 2.27. The molecule has 218 valence electrons. The molecule has 0 bridgehead atoms. The fourth-order valence-electron chi connectivity index (χ4n) is 5.43. The lowest BCUT2D eigenvalue weighted by molar-refractivity contribution is 0.0786. The van der Waals surface area contributed by atoms with Crippen LogP contribution in [-0.4, -0.2) is 41.7 Å². The molecule has 43 heavy (non-hydrogen) atoms. The molecule has 5 aromatic rings. The van der Waals surface area contributed by atoms with Crippen LogP contribution in [0.2, 0.25) is 0 Å². The summed E-state index contributed by atoms with van der Waals surface area (Å²) in [7, 11) is -4.06. The van der Waals surface area contributed by atoms with Crippen LogP contribution in [-0.2, 0) is 15.6 Å². The van der Waals surface area contributed by atoms with E-state index in [0.29, 0.717) is 33.5 Å². The maximum absolute atomic E-state index is 14.2. The minimum atomic E-state index is -4.06. The summed E-state index contributed by atoms with van der Waals surface area (Å²) in [6.07, 6.45) is 2.47. The molecule has 1 unspecified atom stereocenters. The quantitative estimate of drug-likeness (QED) is 0.247. The van der Waals surface area contributed by atoms with Crippen LogP contribution in [0, 0.1) is 18.3 Å². The monoisotopic (exact) mass is 592 g/mol. The summed E-state index contributed by atoms with van der Waals surface area (Å²) < 4.78 is 35.8. The molecular weight excluding hydrogens is 560 g/mol. The molecule has 0 radical (unpaired) electrons. The molecule has 2 aromatic heterocycles. The fourth-order valence-corrected chi connectivity index (χ4v) is 6.91. The number of hydrogen-bond acceptors (Lipinski definition) is 7. The van der Waals surface area contributed by atoms with Crippen LogP contribution < -0.4 is 10.1 Å². The van der Waals surface area contributed by atoms with Gasteiger partial charge in [0.15, 0.2) is 5.65 Å². The van der Waals surface area contributed by atoms with Gasteiger partial charge in [-0.1, -0.05) is 48.0 Å². The molecule has 6 rings (SSSR count). The van der Waals surface area contributed by atoms with Crippen LogP contribution in [0.3, 0.4) is 0 Å². The van der Waals surface area contributed by atoms with Crippen LogP contribution >= 0.6 is 0 Å². The van der Waals surface area contributed by atoms with E-state index in [0.717, 1.165) is 36.2 Å². The van der Waals surface area contributed by atoms with Gasteiger partial charge >= 0.3 is 0 Å². The van der Waals surface area contributed by atoms with E-state index < -0.39 is 15.6 Å². The average molecular weight is 593 g/mol. The Labute approximate surface area is 251 Å². The summed E-state index contributed by atoms with van der Waals surface area (Å²) in [5.41, 5.74) is 3.86. The summed E-state index contributed by atoms with van der Waals surface area (Å²) in [5.74, 6) is 0.525. The highest BCUT2D eigenvalue weighted by atomic mass is 32.2. The average Bonchev–Trinajstić information content (AvgIpc) is 3.65. The molecule has 1 aliphatic heterocycles. The first-order valence-corrected chi connectivity index (χ1v) is 15.6. The number of aromatic nitrogens is 2. The van der Waals surface area contributed by atoms with Crippen molar-refractivity contribution in [2.45, 2.75) is 43.8 Å². The molecular formula is C34H32N4O4S. The molecule has 9 heteroatoms. The zero-order valence-electron chi connectivity index (χ0n) is 24.2. The second kappa shape index (κ2) is 11.0. The summed E-state index contributed by atoms with van der Waals surface area (Å²) in [6, 6.07) is 25.3. The van der Waals surface area contributed by atoms with Crippen LogP contribution in [0.15, 0.2) is 90.0 Å². The normalized spacial score (nSPS) is 15.5. The van der Waals surface area contributed by atoms with Crippen LogP contribution in [0.25, 0.3) is 33.4 Å². The Morgan fingerprint density at radius 1 is 1.02 bits per heavy atom. The van der Waals surface area contributed by atoms with E-state index in [4.69, 9.17) is 4.74 Å². The zero-order valence-corrected chi connectivity index (χ0v) is 25.0. The Morgan fingerprint density at radius 2 is 1.74 bits per heavy atom. The van der Waals surface area contributed by atoms with Crippen molar-refractivity contribution >= 4 is 21.1 Å². The van der Waals surface area contributed by atoms with Crippen molar-refractivity contribution in [1.82, 2.24) is 14.3 Å². The Morgan fingerprint density at radius 3 is 2.40 bits per heavy atom. The lowest BCUT2D eigenvalue weighted by Crippen LogP contribution is -2.20. The largest absolute Gasteiger partial charge is 0.488 e. The van der Waals surface area contributed by atoms with E-state index >= 15 is 0 Å². The molecule has 3 aromatic carbocycles. The minimum Gasteiger partial charge on any atom is -0.488 e. The molecule has 0 amide bonds. The highest BCUT2D eigenvalue weighted by Crippen LogP contribution is 2.38. The van der Waals surface area contributed by atoms with Crippen molar-refractivity contribution in [3.63, 3.8) is 0 Å². The topological polar surface area (TPSA) is 117 Å². The van der Waals surface area contributed by atoms with Crippen molar-refractivity contribution in [1.29, 1.82) is 5.26 Å². The third-order valence-electron chi connectivity index (χ3n) is 7.83. The van der Waals surface area contributed by atoms with E-state index in [1.54, 1.807) is 80.7 Å². The lowest BCUT2D eigenvalue weighted by atomic mass is 9.96. The van der Waals surface area contributed by atoms with Crippen molar-refractivity contribution in [3.05, 3.63) is 102 Å². The SMILES string of the molecule is Cc1ccc(S(=O)(=O)n2c(-c3ccc(C(C)(C)O)cc3)cc3c(-c4ccc(OC5CCNC5)c(C#N)c4)ccnc32)cc1. The maximum atomic E-state index is 14.2. The van der Waals surface area contributed by atoms with Gasteiger partial charge in [-0.15, -0.1) is 0 Å². The molecule has 0 spiro atoms. The molecule has 1 aliphatic rings. The van der Waals surface area contributed by atoms with Crippen molar-refractivity contribution in [2.75, 3.05) is 13.1 Å². The molecule has 0 aliphatic carbocycles. The fraction of sp³-hybridized carbons (Fsp3) is 0.235. The standard InChI is InChI=1S/C34H32N4O4S/c1-22-4-11-28(12-5-22)43(40,41)38-31(23-6-9-26(10-7-23)34(2,3)39)19-30-29(15-17-37-33(30)38)24-8-13-32(25(18-24)20-35)42-27-14-16-36-21-27/h4-13,15,17-19,27,36,39H,14,16,21H2,1-3H3. The van der Waals surface area contributed by atoms with E-state index in [2.05, 4.69) is 16.4 Å². The van der Waals surface area contributed by atoms with Gasteiger partial charge in [-0.2, -0.15) is 5.26 Å². The van der Waals surface area contributed by atoms with Crippen molar-refractivity contribution < 1.29 is 18.3 Å². The molecule has 2 N–H and O–H groups in total. The highest BCUT2D eigenvalue weighted by molar-refractivity contribution is 7.90. The Hall–Kier alpha value is -4.49. The predicted molar refractivity (Wildman–Crippen MR) is 166 cm³/mol. The van der Waals surface area contributed by atoms with Crippen molar-refractivity contribution in [2.24, 2.45) is 0 Å². The van der Waals surface area contributed by atoms with E-state index in [1.807, 2.05) is 25.1 Å². The number of rotatable bonds is 7. The number of ether oxygens (including phenoxy) is 1. The third-order valence-corrected chi connectivity index (χ3v) is 9.55. The number of nitrogens with zero attached hydrogens (tertiary/aromatic N) is 3. The van der Waals surface area contributed by atoms with Crippen molar-refractivity contribution in [3.8, 4) is 34.2 Å². The minimum absolute atomic E-state index is 0.0111. The molecule has 3 heterocycles. The van der Waals surface area contributed by atoms with E-state index in [-0.39, 0.29) is 16.6 Å². The Balaban J connectivity index is 1.54. The van der Waals surface area contributed by atoms with Gasteiger partial charge in [0.2, 0.25) is 0 Å². The Kier molecular flexibility index (Phi) is 7.30. The predicted octanol–water partition coefficient (Wildman–Crippen LogP) is 5.76. The third kappa shape index (κ3) is 5.41. The van der Waals surface area contributed by atoms with Gasteiger partial charge in [-0.05, 0) is 92.4 Å². The number of nitriles is 1. The number of hydrogen-bond donors (Lipinski definition) is 2. The molecule has 8 nitrogen and oxygen atoms in total. The van der Waals surface area contributed by atoms with E-state index in [1.165, 1.54) is 3.97 Å². The van der Waals surface area contributed by atoms with Gasteiger partial charge in [0.1, 0.15) is 17.9 Å². The molecule has 1 fully saturated rings. The summed E-state index contributed by atoms with van der Waals surface area (Å²) >= 11 is 0. The smallest absolute Gasteiger partial charge is 0.269 e. The first-order valence-electron chi connectivity index (χ1n) is 14.1. The number of fused-ring (bicyclic) bond motifs is 1. The van der Waals surface area contributed by atoms with Gasteiger partial charge in [0, 0.05) is 18.1 Å². The number of aryl methyl sites for hydroxylation is 1. The van der Waals surface area contributed by atoms with Gasteiger partial charge in [-0.25, -0.2) is 17.4 Å². The number of pyridine rings is 1. The number of nitrogens with one attached hydrogen (secondary N) is 1. The number of benzene rings is 3. The zero-order chi connectivity index (χ0) is 30.4. The van der Waals surface area contributed by atoms with Crippen LogP contribution in [0.1, 0.15) is 37.0 Å². The molecule has 1 atom stereocenters. The second-order valence-corrected chi connectivity index (χ2v) is 13.2.